The Kier molecular flexibility index (Phi) is 6.29. The summed E-state index contributed by atoms with van der Waals surface area (Å²) in [5, 5.41) is 8.18. The minimum absolute atomic E-state index is 0.226. The average molecular weight is 538 g/mol. The van der Waals surface area contributed by atoms with Gasteiger partial charge in [-0.2, -0.15) is 5.10 Å². The van der Waals surface area contributed by atoms with Gasteiger partial charge in [0.2, 0.25) is 0 Å². The van der Waals surface area contributed by atoms with Gasteiger partial charge in [-0.25, -0.2) is 14.5 Å². The Labute approximate surface area is 227 Å². The van der Waals surface area contributed by atoms with Crippen molar-refractivity contribution in [3.05, 3.63) is 84.6 Å². The van der Waals surface area contributed by atoms with E-state index in [-0.39, 0.29) is 11.6 Å². The van der Waals surface area contributed by atoms with E-state index in [0.717, 1.165) is 32.8 Å². The van der Waals surface area contributed by atoms with Crippen molar-refractivity contribution in [1.29, 1.82) is 0 Å². The number of ether oxygens (including phenoxy) is 3. The fourth-order valence-corrected chi connectivity index (χ4v) is 5.18. The number of carbonyl (C=O) groups excluding carboxylic acids is 1. The quantitative estimate of drug-likeness (QED) is 0.269. The summed E-state index contributed by atoms with van der Waals surface area (Å²) in [5.41, 5.74) is 4.66. The molecule has 39 heavy (non-hydrogen) atoms. The van der Waals surface area contributed by atoms with Crippen LogP contribution in [0.15, 0.2) is 78.9 Å². The Hall–Kier alpha value is -4.96. The van der Waals surface area contributed by atoms with Crippen molar-refractivity contribution in [2.24, 2.45) is 0 Å². The van der Waals surface area contributed by atoms with E-state index in [0.29, 0.717) is 28.0 Å². The van der Waals surface area contributed by atoms with Crippen molar-refractivity contribution in [3.8, 4) is 39.8 Å². The molecule has 0 saturated heterocycles. The third-order valence-corrected chi connectivity index (χ3v) is 7.16. The number of nitrogens with zero attached hydrogens (tertiary/aromatic N) is 4. The smallest absolute Gasteiger partial charge is 0.276 e. The third kappa shape index (κ3) is 4.62. The first-order chi connectivity index (χ1) is 19.1. The van der Waals surface area contributed by atoms with Gasteiger partial charge >= 0.3 is 0 Å². The Morgan fingerprint density at radius 1 is 0.821 bits per heavy atom. The molecule has 0 atom stereocenters. The maximum atomic E-state index is 13.4. The van der Waals surface area contributed by atoms with Crippen LogP contribution < -0.4 is 19.5 Å². The highest BCUT2D eigenvalue weighted by molar-refractivity contribution is 7.22. The predicted octanol–water partition coefficient (Wildman–Crippen LogP) is 5.95. The molecule has 10 heteroatoms. The fourth-order valence-electron chi connectivity index (χ4n) is 4.29. The molecule has 0 saturated carbocycles. The molecular weight excluding hydrogens is 514 g/mol. The first-order valence-corrected chi connectivity index (χ1v) is 12.8. The fraction of sp³-hybridized carbons (Fsp3) is 0.103. The van der Waals surface area contributed by atoms with Crippen LogP contribution in [0.3, 0.4) is 0 Å². The normalized spacial score (nSPS) is 11.1. The molecule has 0 fully saturated rings. The van der Waals surface area contributed by atoms with Crippen LogP contribution in [0.5, 0.6) is 17.2 Å². The van der Waals surface area contributed by atoms with Gasteiger partial charge < -0.3 is 14.2 Å². The predicted molar refractivity (Wildman–Crippen MR) is 151 cm³/mol. The number of rotatable bonds is 7. The number of fused-ring (bicyclic) bond motifs is 2. The van der Waals surface area contributed by atoms with E-state index in [9.17, 15) is 4.79 Å². The van der Waals surface area contributed by atoms with Gasteiger partial charge in [-0.1, -0.05) is 41.7 Å². The highest BCUT2D eigenvalue weighted by atomic mass is 32.1. The van der Waals surface area contributed by atoms with Gasteiger partial charge in [0, 0.05) is 17.2 Å². The molecule has 6 aromatic rings. The maximum Gasteiger partial charge on any atom is 0.276 e. The second-order valence-electron chi connectivity index (χ2n) is 8.57. The van der Waals surface area contributed by atoms with Crippen molar-refractivity contribution in [3.63, 3.8) is 0 Å². The number of hydrogen-bond acceptors (Lipinski definition) is 8. The average Bonchev–Trinajstić information content (AvgIpc) is 3.60. The Morgan fingerprint density at radius 3 is 2.41 bits per heavy atom. The van der Waals surface area contributed by atoms with E-state index in [4.69, 9.17) is 19.3 Å². The van der Waals surface area contributed by atoms with Crippen LogP contribution in [0.1, 0.15) is 10.5 Å². The zero-order chi connectivity index (χ0) is 26.9. The summed E-state index contributed by atoms with van der Waals surface area (Å²) >= 11 is 1.37. The molecule has 0 bridgehead atoms. The molecule has 0 unspecified atom stereocenters. The maximum absolute atomic E-state index is 13.4. The third-order valence-electron chi connectivity index (χ3n) is 6.22. The lowest BCUT2D eigenvalue weighted by atomic mass is 10.1. The zero-order valence-electron chi connectivity index (χ0n) is 21.3. The van der Waals surface area contributed by atoms with E-state index >= 15 is 0 Å². The van der Waals surface area contributed by atoms with Crippen LogP contribution in [0.4, 0.5) is 5.13 Å². The van der Waals surface area contributed by atoms with E-state index in [1.165, 1.54) is 11.3 Å². The van der Waals surface area contributed by atoms with Gasteiger partial charge in [0.1, 0.15) is 11.4 Å². The molecule has 3 heterocycles. The SMILES string of the molecule is COc1ccc2nc(NC(=O)c3cc(-c4ccc(OC)c(OC)c4)n4nc(-c5ccccc5)cc4n3)sc2c1. The Morgan fingerprint density at radius 2 is 1.64 bits per heavy atom. The van der Waals surface area contributed by atoms with Crippen LogP contribution in [0.25, 0.3) is 38.4 Å². The number of methoxy groups -OCH3 is 3. The van der Waals surface area contributed by atoms with E-state index in [2.05, 4.69) is 15.3 Å². The summed E-state index contributed by atoms with van der Waals surface area (Å²) in [6.45, 7) is 0. The zero-order valence-corrected chi connectivity index (χ0v) is 22.2. The molecule has 0 spiro atoms. The van der Waals surface area contributed by atoms with Crippen LogP contribution >= 0.6 is 11.3 Å². The molecule has 0 aliphatic rings. The van der Waals surface area contributed by atoms with Gasteiger partial charge in [-0.15, -0.1) is 0 Å². The Bertz CT molecular complexity index is 1830. The molecule has 1 N–H and O–H groups in total. The first kappa shape index (κ1) is 24.4. The molecule has 0 aliphatic heterocycles. The highest BCUT2D eigenvalue weighted by Crippen LogP contribution is 2.34. The number of amides is 1. The summed E-state index contributed by atoms with van der Waals surface area (Å²) in [5.74, 6) is 1.51. The second-order valence-corrected chi connectivity index (χ2v) is 9.60. The van der Waals surface area contributed by atoms with Gasteiger partial charge in [-0.05, 0) is 42.5 Å². The standard InChI is InChI=1S/C29H23N5O4S/c1-36-19-10-11-20-26(14-19)39-29(31-20)32-28(35)22-15-23(18-9-12-24(37-2)25(13-18)38-3)34-27(30-22)16-21(33-34)17-7-5-4-6-8-17/h4-16H,1-3H3,(H,31,32,35). The summed E-state index contributed by atoms with van der Waals surface area (Å²) in [7, 11) is 4.78. The van der Waals surface area contributed by atoms with E-state index < -0.39 is 0 Å². The number of carbonyl (C=O) groups is 1. The highest BCUT2D eigenvalue weighted by Gasteiger charge is 2.19. The van der Waals surface area contributed by atoms with Gasteiger partial charge in [0.05, 0.1) is 42.9 Å². The lowest BCUT2D eigenvalue weighted by Crippen LogP contribution is -2.15. The molecule has 3 aromatic carbocycles. The first-order valence-electron chi connectivity index (χ1n) is 12.0. The lowest BCUT2D eigenvalue weighted by molar-refractivity contribution is 0.102. The van der Waals surface area contributed by atoms with E-state index in [1.54, 1.807) is 31.9 Å². The van der Waals surface area contributed by atoms with Crippen molar-refractivity contribution in [1.82, 2.24) is 19.6 Å². The number of anilines is 1. The molecule has 3 aromatic heterocycles. The molecular formula is C29H23N5O4S. The summed E-state index contributed by atoms with van der Waals surface area (Å²) in [4.78, 5) is 22.6. The minimum atomic E-state index is -0.382. The second kappa shape index (κ2) is 10.1. The summed E-state index contributed by atoms with van der Waals surface area (Å²) in [6.07, 6.45) is 0. The molecule has 1 amide bonds. The van der Waals surface area contributed by atoms with Gasteiger partial charge in [-0.3, -0.25) is 10.1 Å². The van der Waals surface area contributed by atoms with Crippen LogP contribution in [-0.2, 0) is 0 Å². The number of thiazole rings is 1. The van der Waals surface area contributed by atoms with Crippen molar-refractivity contribution in [2.45, 2.75) is 0 Å². The molecule has 194 valence electrons. The van der Waals surface area contributed by atoms with Crippen LogP contribution in [-0.4, -0.2) is 46.8 Å². The van der Waals surface area contributed by atoms with Crippen molar-refractivity contribution in [2.75, 3.05) is 26.6 Å². The van der Waals surface area contributed by atoms with Crippen molar-refractivity contribution >= 4 is 38.2 Å². The number of aromatic nitrogens is 4. The van der Waals surface area contributed by atoms with Crippen LogP contribution in [0, 0.1) is 0 Å². The summed E-state index contributed by atoms with van der Waals surface area (Å²) < 4.78 is 18.9. The van der Waals surface area contributed by atoms with Crippen molar-refractivity contribution < 1.29 is 19.0 Å². The largest absolute Gasteiger partial charge is 0.497 e. The van der Waals surface area contributed by atoms with E-state index in [1.807, 2.05) is 72.8 Å². The van der Waals surface area contributed by atoms with Gasteiger partial charge in [0.15, 0.2) is 22.3 Å². The molecule has 9 nitrogen and oxygen atoms in total. The summed E-state index contributed by atoms with van der Waals surface area (Å²) in [6, 6.07) is 24.5. The van der Waals surface area contributed by atoms with Gasteiger partial charge in [0.25, 0.3) is 5.91 Å². The Balaban J connectivity index is 1.45. The molecule has 0 aliphatic carbocycles. The minimum Gasteiger partial charge on any atom is -0.497 e. The number of nitrogens with one attached hydrogen (secondary N) is 1. The number of benzene rings is 3. The molecule has 0 radical (unpaired) electrons. The molecule has 6 rings (SSSR count). The number of hydrogen-bond donors (Lipinski definition) is 1. The monoisotopic (exact) mass is 537 g/mol. The van der Waals surface area contributed by atoms with Crippen LogP contribution in [0.2, 0.25) is 0 Å². The lowest BCUT2D eigenvalue weighted by Gasteiger charge is -2.12. The topological polar surface area (TPSA) is 99.9 Å².